The van der Waals surface area contributed by atoms with Gasteiger partial charge in [0.25, 0.3) is 0 Å². The maximum Gasteiger partial charge on any atom is 0.328 e. The van der Waals surface area contributed by atoms with Crippen LogP contribution in [0.2, 0.25) is 0 Å². The van der Waals surface area contributed by atoms with E-state index in [2.05, 4.69) is 4.74 Å². The van der Waals surface area contributed by atoms with Crippen LogP contribution >= 0.6 is 11.3 Å². The number of hydrogen-bond donors (Lipinski definition) is 1. The van der Waals surface area contributed by atoms with Crippen LogP contribution in [0.25, 0.3) is 0 Å². The Morgan fingerprint density at radius 3 is 2.83 bits per heavy atom. The first kappa shape index (κ1) is 9.22. The lowest BCUT2D eigenvalue weighted by molar-refractivity contribution is -0.142. The molecule has 0 bridgehead atoms. The van der Waals surface area contributed by atoms with Crippen LogP contribution in [-0.4, -0.2) is 13.1 Å². The van der Waals surface area contributed by atoms with Gasteiger partial charge in [0.15, 0.2) is 0 Å². The summed E-state index contributed by atoms with van der Waals surface area (Å²) in [7, 11) is 1.34. The van der Waals surface area contributed by atoms with Crippen LogP contribution in [0, 0.1) is 6.92 Å². The zero-order valence-electron chi connectivity index (χ0n) is 7.03. The van der Waals surface area contributed by atoms with Gasteiger partial charge < -0.3 is 10.5 Å². The molecular formula is C8H11NO2S. The normalized spacial score (nSPS) is 12.6. The molecule has 1 rings (SSSR count). The molecule has 1 aromatic heterocycles. The van der Waals surface area contributed by atoms with Crippen LogP contribution in [0.1, 0.15) is 16.5 Å². The van der Waals surface area contributed by atoms with E-state index < -0.39 is 6.04 Å². The van der Waals surface area contributed by atoms with Gasteiger partial charge in [-0.2, -0.15) is 0 Å². The molecular weight excluding hydrogens is 174 g/mol. The van der Waals surface area contributed by atoms with Gasteiger partial charge in [-0.1, -0.05) is 0 Å². The summed E-state index contributed by atoms with van der Waals surface area (Å²) in [6, 6.07) is 1.30. The van der Waals surface area contributed by atoms with E-state index in [1.807, 2.05) is 18.4 Å². The summed E-state index contributed by atoms with van der Waals surface area (Å²) in [6.07, 6.45) is 0. The highest BCUT2D eigenvalue weighted by atomic mass is 32.1. The van der Waals surface area contributed by atoms with Crippen LogP contribution in [0.5, 0.6) is 0 Å². The molecule has 1 aromatic rings. The van der Waals surface area contributed by atoms with Crippen molar-refractivity contribution in [1.29, 1.82) is 0 Å². The summed E-state index contributed by atoms with van der Waals surface area (Å²) in [5, 5.41) is 1.91. The van der Waals surface area contributed by atoms with Crippen molar-refractivity contribution in [1.82, 2.24) is 0 Å². The molecule has 12 heavy (non-hydrogen) atoms. The Balaban J connectivity index is 2.84. The summed E-state index contributed by atoms with van der Waals surface area (Å²) >= 11 is 1.48. The predicted octanol–water partition coefficient (Wildman–Crippen LogP) is 1.23. The number of rotatable bonds is 2. The molecule has 0 aliphatic rings. The molecule has 0 saturated carbocycles. The fourth-order valence-corrected chi connectivity index (χ4v) is 1.85. The van der Waals surface area contributed by atoms with E-state index in [-0.39, 0.29) is 5.97 Å². The minimum Gasteiger partial charge on any atom is -0.468 e. The molecule has 2 N–H and O–H groups in total. The van der Waals surface area contributed by atoms with Gasteiger partial charge in [-0.3, -0.25) is 0 Å². The van der Waals surface area contributed by atoms with E-state index in [0.29, 0.717) is 0 Å². The third-order valence-electron chi connectivity index (χ3n) is 1.64. The Labute approximate surface area is 75.1 Å². The molecule has 0 aliphatic carbocycles. The molecule has 66 valence electrons. The SMILES string of the molecule is COC(=O)C(N)c1sccc1C. The highest BCUT2D eigenvalue weighted by Crippen LogP contribution is 2.22. The smallest absolute Gasteiger partial charge is 0.328 e. The Morgan fingerprint density at radius 2 is 2.42 bits per heavy atom. The number of thiophene rings is 1. The van der Waals surface area contributed by atoms with Crippen LogP contribution in [0.15, 0.2) is 11.4 Å². The number of hydrogen-bond acceptors (Lipinski definition) is 4. The number of carbonyl (C=O) groups is 1. The second-order valence-corrected chi connectivity index (χ2v) is 3.42. The molecule has 0 aliphatic heterocycles. The lowest BCUT2D eigenvalue weighted by Crippen LogP contribution is -2.22. The third-order valence-corrected chi connectivity index (χ3v) is 2.74. The summed E-state index contributed by atoms with van der Waals surface area (Å²) in [5.41, 5.74) is 6.67. The van der Waals surface area contributed by atoms with Gasteiger partial charge in [0, 0.05) is 4.88 Å². The lowest BCUT2D eigenvalue weighted by Gasteiger charge is -2.07. The summed E-state index contributed by atoms with van der Waals surface area (Å²) in [6.45, 7) is 1.93. The highest BCUT2D eigenvalue weighted by Gasteiger charge is 2.18. The Kier molecular flexibility index (Phi) is 2.83. The van der Waals surface area contributed by atoms with Crippen LogP contribution in [0.4, 0.5) is 0 Å². The average molecular weight is 185 g/mol. The van der Waals surface area contributed by atoms with Gasteiger partial charge in [-0.15, -0.1) is 11.3 Å². The molecule has 3 nitrogen and oxygen atoms in total. The molecule has 0 spiro atoms. The zero-order valence-corrected chi connectivity index (χ0v) is 7.85. The summed E-state index contributed by atoms with van der Waals surface area (Å²) in [4.78, 5) is 11.9. The topological polar surface area (TPSA) is 52.3 Å². The van der Waals surface area contributed by atoms with Gasteiger partial charge in [-0.25, -0.2) is 4.79 Å². The van der Waals surface area contributed by atoms with E-state index in [1.165, 1.54) is 18.4 Å². The maximum absolute atomic E-state index is 11.0. The lowest BCUT2D eigenvalue weighted by atomic mass is 10.2. The van der Waals surface area contributed by atoms with Crippen molar-refractivity contribution in [2.45, 2.75) is 13.0 Å². The molecule has 4 heteroatoms. The third kappa shape index (κ3) is 1.65. The van der Waals surface area contributed by atoms with Crippen molar-refractivity contribution in [3.63, 3.8) is 0 Å². The summed E-state index contributed by atoms with van der Waals surface area (Å²) < 4.78 is 4.53. The number of esters is 1. The first-order chi connectivity index (χ1) is 5.66. The quantitative estimate of drug-likeness (QED) is 0.705. The Morgan fingerprint density at radius 1 is 1.75 bits per heavy atom. The molecule has 0 saturated heterocycles. The van der Waals surface area contributed by atoms with E-state index >= 15 is 0 Å². The molecule has 0 amide bonds. The van der Waals surface area contributed by atoms with Crippen molar-refractivity contribution in [2.24, 2.45) is 5.73 Å². The fourth-order valence-electron chi connectivity index (χ4n) is 0.937. The van der Waals surface area contributed by atoms with Crippen molar-refractivity contribution < 1.29 is 9.53 Å². The van der Waals surface area contributed by atoms with Crippen LogP contribution in [-0.2, 0) is 9.53 Å². The molecule has 0 radical (unpaired) electrons. The maximum atomic E-state index is 11.0. The largest absolute Gasteiger partial charge is 0.468 e. The minimum absolute atomic E-state index is 0.388. The van der Waals surface area contributed by atoms with E-state index in [9.17, 15) is 4.79 Å². The highest BCUT2D eigenvalue weighted by molar-refractivity contribution is 7.10. The molecule has 0 aromatic carbocycles. The number of aryl methyl sites for hydroxylation is 1. The first-order valence-electron chi connectivity index (χ1n) is 3.54. The average Bonchev–Trinajstić information content (AvgIpc) is 2.48. The first-order valence-corrected chi connectivity index (χ1v) is 4.42. The molecule has 1 unspecified atom stereocenters. The second kappa shape index (κ2) is 3.69. The van der Waals surface area contributed by atoms with Crippen molar-refractivity contribution >= 4 is 17.3 Å². The summed E-state index contributed by atoms with van der Waals surface area (Å²) in [5.74, 6) is -0.388. The monoisotopic (exact) mass is 185 g/mol. The van der Waals surface area contributed by atoms with Gasteiger partial charge in [0.2, 0.25) is 0 Å². The standard InChI is InChI=1S/C8H11NO2S/c1-5-3-4-12-7(5)6(9)8(10)11-2/h3-4,6H,9H2,1-2H3. The van der Waals surface area contributed by atoms with Gasteiger partial charge in [0.1, 0.15) is 6.04 Å². The van der Waals surface area contributed by atoms with E-state index in [4.69, 9.17) is 5.73 Å². The van der Waals surface area contributed by atoms with Gasteiger partial charge in [-0.05, 0) is 23.9 Å². The number of ether oxygens (including phenoxy) is 1. The van der Waals surface area contributed by atoms with Crippen molar-refractivity contribution in [3.05, 3.63) is 21.9 Å². The molecule has 0 fully saturated rings. The van der Waals surface area contributed by atoms with Gasteiger partial charge in [0.05, 0.1) is 7.11 Å². The van der Waals surface area contributed by atoms with Gasteiger partial charge >= 0.3 is 5.97 Å². The fraction of sp³-hybridized carbons (Fsp3) is 0.375. The Bertz CT molecular complexity index is 282. The minimum atomic E-state index is -0.630. The second-order valence-electron chi connectivity index (χ2n) is 2.47. The van der Waals surface area contributed by atoms with E-state index in [0.717, 1.165) is 10.4 Å². The van der Waals surface area contributed by atoms with Crippen LogP contribution in [0.3, 0.4) is 0 Å². The van der Waals surface area contributed by atoms with Crippen LogP contribution < -0.4 is 5.73 Å². The molecule has 1 atom stereocenters. The number of nitrogens with two attached hydrogens (primary N) is 1. The number of methoxy groups -OCH3 is 1. The predicted molar refractivity (Wildman–Crippen MR) is 48.0 cm³/mol. The number of carbonyl (C=O) groups excluding carboxylic acids is 1. The molecule has 1 heterocycles. The van der Waals surface area contributed by atoms with Crippen molar-refractivity contribution in [3.8, 4) is 0 Å². The zero-order chi connectivity index (χ0) is 9.14. The van der Waals surface area contributed by atoms with E-state index in [1.54, 1.807) is 0 Å². The Hall–Kier alpha value is -0.870. The van der Waals surface area contributed by atoms with Crippen molar-refractivity contribution in [2.75, 3.05) is 7.11 Å².